The zero-order valence-corrected chi connectivity index (χ0v) is 65.3. The average Bonchev–Trinajstić information content (AvgIpc) is 1.66. The molecule has 0 aromatic heterocycles. The number of hydrogen-bond acceptors (Lipinski definition) is 33. The number of cyclic esters (lactones) is 4. The van der Waals surface area contributed by atoms with E-state index in [0.717, 1.165) is 27.2 Å². The third-order valence-corrected chi connectivity index (χ3v) is 14.8. The number of amides is 8. The van der Waals surface area contributed by atoms with Crippen LogP contribution in [-0.4, -0.2) is 312 Å². The quantitative estimate of drug-likeness (QED) is 0.0111. The maximum Gasteiger partial charge on any atom is 0.508 e. The first-order valence-electron chi connectivity index (χ1n) is 35.7. The van der Waals surface area contributed by atoms with Crippen LogP contribution >= 0.6 is 0 Å². The number of aliphatic imine (C=N–C) groups is 2. The van der Waals surface area contributed by atoms with Crippen LogP contribution in [0.15, 0.2) is 33.7 Å². The van der Waals surface area contributed by atoms with Crippen molar-refractivity contribution in [3.63, 3.8) is 0 Å². The van der Waals surface area contributed by atoms with Gasteiger partial charge in [-0.15, -0.1) is 6.42 Å². The first-order chi connectivity index (χ1) is 52.5. The van der Waals surface area contributed by atoms with Crippen LogP contribution < -0.4 is 37.2 Å². The molecule has 2 saturated heterocycles. The molecule has 10 atom stereocenters. The van der Waals surface area contributed by atoms with Crippen LogP contribution in [0.2, 0.25) is 0 Å². The number of terminal acetylenes is 1. The van der Waals surface area contributed by atoms with E-state index < -0.39 is 175 Å². The predicted molar refractivity (Wildman–Crippen MR) is 384 cm³/mol. The van der Waals surface area contributed by atoms with E-state index in [1.165, 1.54) is 24.8 Å². The highest BCUT2D eigenvalue weighted by atomic mass is 16.8. The fourth-order valence-corrected chi connectivity index (χ4v) is 10.3. The molecule has 4 aliphatic heterocycles. The van der Waals surface area contributed by atoms with Crippen LogP contribution in [0.5, 0.6) is 0 Å². The molecule has 4 heterocycles. The van der Waals surface area contributed by atoms with Gasteiger partial charge in [-0.25, -0.2) is 38.6 Å². The fraction of sp³-hybridized carbons (Fsp3) is 0.714. The lowest BCUT2D eigenvalue weighted by atomic mass is 9.92. The molecule has 0 saturated carbocycles. The number of guanidine groups is 1. The van der Waals surface area contributed by atoms with E-state index in [1.54, 1.807) is 62.3 Å². The van der Waals surface area contributed by atoms with Crippen molar-refractivity contribution >= 4 is 83.9 Å². The monoisotopic (exact) mass is 1580 g/mol. The van der Waals surface area contributed by atoms with Gasteiger partial charge < -0.3 is 116 Å². The van der Waals surface area contributed by atoms with Crippen LogP contribution in [0.3, 0.4) is 0 Å². The maximum absolute atomic E-state index is 13.7. The Labute approximate surface area is 643 Å². The second-order valence-electron chi connectivity index (χ2n) is 27.6. The van der Waals surface area contributed by atoms with E-state index >= 15 is 0 Å². The van der Waals surface area contributed by atoms with E-state index in [0.29, 0.717) is 26.4 Å². The summed E-state index contributed by atoms with van der Waals surface area (Å²) in [4.78, 5) is 166. The largest absolute Gasteiger partial charge is 0.508 e. The van der Waals surface area contributed by atoms with Gasteiger partial charge in [0.2, 0.25) is 47.0 Å². The first kappa shape index (κ1) is 93.7. The van der Waals surface area contributed by atoms with Crippen molar-refractivity contribution in [2.45, 2.75) is 180 Å². The number of carbonyl (C=O) groups is 12. The number of alkyl carbamates (subject to hydrolysis) is 3. The van der Waals surface area contributed by atoms with Gasteiger partial charge in [-0.05, 0) is 94.2 Å². The van der Waals surface area contributed by atoms with Gasteiger partial charge in [0.25, 0.3) is 0 Å². The zero-order chi connectivity index (χ0) is 82.3. The van der Waals surface area contributed by atoms with Gasteiger partial charge in [-0.3, -0.25) is 44.9 Å². The molecular formula is C70H108N10O31. The Morgan fingerprint density at radius 1 is 0.532 bits per heavy atom. The smallest absolute Gasteiger partial charge is 0.478 e. The summed E-state index contributed by atoms with van der Waals surface area (Å²) in [6.45, 7) is 18.8. The molecule has 8 amide bonds. The molecule has 624 valence electrons. The Kier molecular flexibility index (Phi) is 40.6. The standard InChI is InChI=1S/C70H108N10O31/c1-16-24-95-30-32-99-34-35-100-33-31-98-27-19-53(85)80(22-28-96-25-17-20-71-51(83)40-101-56(49-38-103-66(91)107-49)58-54(75-43(3)81)45(36-47(105-58)60(86)93-14)73-42(2)74-63(88)109-68(5,6)7)23-29-97-26-18-21-72-52(84)41-102-57(50-39-104-67(92)108-50)59-55(76-44(4)82)46(37-48(106-59)61(87)94-15)77-62(78-64(89)110-69(8,9)10)79-65(90)111-70(11,12)13/h1,36-37,45-46,49-50,54-59H,17-35,38-41H2,2-15H3,(H,71,83)(H,72,84)(H,75,81)(H,76,82)(H,73,74,88)(H2,77,78,79,89,90)/t45-,46-,49+,50+,54+,55+,56+,57+,58+,59+/m0/s1. The number of methoxy groups -OCH3 is 2. The SMILES string of the molecule is C#CCOCCOCCOCCOCCC(=O)N(CCOCCCNC(=O)CO[C@@H]([C@@H]1OC(C(=O)OC)=C[C@H](N=C(C)NC(=O)OC(C)(C)C)[C@H]1NC(C)=O)[C@H]1COC(=O)O1)CCOCCCNC(=O)CO[C@@H]([C@@H]1OC(C(=O)OC)=C[C@H](N=C(NC(=O)OC(C)(C)C)NC(=O)OC(C)(C)C)[C@H]1NC(C)=O)[C@H]1COC(=O)O1. The van der Waals surface area contributed by atoms with E-state index in [1.807, 2.05) is 0 Å². The normalized spacial score (nSPS) is 20.1. The third kappa shape index (κ3) is 37.7. The van der Waals surface area contributed by atoms with E-state index in [9.17, 15) is 57.5 Å². The van der Waals surface area contributed by atoms with Crippen LogP contribution in [0.25, 0.3) is 0 Å². The van der Waals surface area contributed by atoms with Gasteiger partial charge in [-0.2, -0.15) is 0 Å². The average molecular weight is 1590 g/mol. The Morgan fingerprint density at radius 3 is 1.30 bits per heavy atom. The number of ether oxygens (including phenoxy) is 19. The molecule has 4 aliphatic rings. The summed E-state index contributed by atoms with van der Waals surface area (Å²) in [6.07, 6.45) is -5.48. The number of hydrogen-bond donors (Lipinski definition) is 7. The van der Waals surface area contributed by atoms with Crippen molar-refractivity contribution in [3.8, 4) is 12.3 Å². The van der Waals surface area contributed by atoms with Gasteiger partial charge in [0.15, 0.2) is 24.4 Å². The second-order valence-corrected chi connectivity index (χ2v) is 27.6. The molecule has 0 aromatic carbocycles. The molecule has 41 heteroatoms. The Balaban J connectivity index is 1.38. The van der Waals surface area contributed by atoms with Crippen molar-refractivity contribution in [1.29, 1.82) is 0 Å². The number of esters is 2. The second kappa shape index (κ2) is 48.2. The zero-order valence-electron chi connectivity index (χ0n) is 65.3. The highest BCUT2D eigenvalue weighted by Crippen LogP contribution is 2.32. The van der Waals surface area contributed by atoms with Crippen molar-refractivity contribution in [3.05, 3.63) is 23.7 Å². The molecule has 0 radical (unpaired) electrons. The Morgan fingerprint density at radius 2 is 0.919 bits per heavy atom. The van der Waals surface area contributed by atoms with Gasteiger partial charge in [0.1, 0.15) is 67.9 Å². The Hall–Kier alpha value is -9.70. The minimum atomic E-state index is -1.56. The van der Waals surface area contributed by atoms with Crippen LogP contribution in [0.4, 0.5) is 24.0 Å². The lowest BCUT2D eigenvalue weighted by Crippen LogP contribution is -2.61. The molecule has 0 unspecified atom stereocenters. The number of rotatable bonds is 43. The molecule has 2 fully saturated rings. The summed E-state index contributed by atoms with van der Waals surface area (Å²) in [5, 5.41) is 18.0. The van der Waals surface area contributed by atoms with Crippen LogP contribution in [-0.2, 0) is 124 Å². The van der Waals surface area contributed by atoms with Crippen LogP contribution in [0, 0.1) is 12.3 Å². The first-order valence-corrected chi connectivity index (χ1v) is 35.7. The van der Waals surface area contributed by atoms with Gasteiger partial charge >= 0.3 is 42.5 Å². The van der Waals surface area contributed by atoms with E-state index in [2.05, 4.69) is 53.1 Å². The van der Waals surface area contributed by atoms with E-state index in [-0.39, 0.29) is 122 Å². The molecule has 41 nitrogen and oxygen atoms in total. The molecule has 0 aliphatic carbocycles. The number of amidine groups is 1. The van der Waals surface area contributed by atoms with Crippen molar-refractivity contribution in [2.75, 3.05) is 146 Å². The lowest BCUT2D eigenvalue weighted by molar-refractivity contribution is -0.155. The van der Waals surface area contributed by atoms with Gasteiger partial charge in [-0.1, -0.05) is 5.92 Å². The molecule has 0 aromatic rings. The summed E-state index contributed by atoms with van der Waals surface area (Å²) >= 11 is 0. The maximum atomic E-state index is 13.7. The molecule has 111 heavy (non-hydrogen) atoms. The highest BCUT2D eigenvalue weighted by Gasteiger charge is 2.51. The molecule has 4 rings (SSSR count). The third-order valence-electron chi connectivity index (χ3n) is 14.8. The van der Waals surface area contributed by atoms with Gasteiger partial charge in [0, 0.05) is 53.2 Å². The van der Waals surface area contributed by atoms with Crippen molar-refractivity contribution in [2.24, 2.45) is 9.98 Å². The Bertz CT molecular complexity index is 3240. The molecule has 7 N–H and O–H groups in total. The van der Waals surface area contributed by atoms with Crippen molar-refractivity contribution < 1.29 is 148 Å². The molecule has 0 spiro atoms. The number of nitrogens with zero attached hydrogens (tertiary/aromatic N) is 3. The number of carbonyl (C=O) groups excluding carboxylic acids is 12. The summed E-state index contributed by atoms with van der Waals surface area (Å²) in [5.41, 5.74) is -2.90. The topological polar surface area (TPSA) is 492 Å². The number of nitrogens with one attached hydrogen (secondary N) is 7. The molecule has 0 bridgehead atoms. The van der Waals surface area contributed by atoms with Gasteiger partial charge in [0.05, 0.1) is 104 Å². The summed E-state index contributed by atoms with van der Waals surface area (Å²) in [7, 11) is 2.15. The minimum Gasteiger partial charge on any atom is -0.478 e. The predicted octanol–water partition coefficient (Wildman–Crippen LogP) is 0.798. The fourth-order valence-electron chi connectivity index (χ4n) is 10.3. The minimum absolute atomic E-state index is 0.0114. The lowest BCUT2D eigenvalue weighted by Gasteiger charge is -2.40. The van der Waals surface area contributed by atoms with Crippen molar-refractivity contribution in [1.82, 2.24) is 42.1 Å². The summed E-state index contributed by atoms with van der Waals surface area (Å²) in [5.74, 6) is -3.90. The summed E-state index contributed by atoms with van der Waals surface area (Å²) in [6, 6.07) is -5.15. The van der Waals surface area contributed by atoms with E-state index in [4.69, 9.17) is 96.4 Å². The highest BCUT2D eigenvalue weighted by molar-refractivity contribution is 6.01. The molecular weight excluding hydrogens is 1480 g/mol. The summed E-state index contributed by atoms with van der Waals surface area (Å²) < 4.78 is 105. The van der Waals surface area contributed by atoms with Crippen LogP contribution in [0.1, 0.15) is 102 Å².